The number of hydrogen-bond acceptors (Lipinski definition) is 5. The quantitative estimate of drug-likeness (QED) is 0.499. The highest BCUT2D eigenvalue weighted by atomic mass is 16.5. The van der Waals surface area contributed by atoms with Crippen LogP contribution in [0.25, 0.3) is 5.57 Å². The summed E-state index contributed by atoms with van der Waals surface area (Å²) in [5, 5.41) is 3.23. The van der Waals surface area contributed by atoms with Crippen LogP contribution in [0.1, 0.15) is 23.6 Å². The van der Waals surface area contributed by atoms with E-state index in [-0.39, 0.29) is 17.5 Å². The van der Waals surface area contributed by atoms with Crippen molar-refractivity contribution in [2.45, 2.75) is 20.8 Å². The van der Waals surface area contributed by atoms with Gasteiger partial charge in [0.15, 0.2) is 0 Å². The maximum Gasteiger partial charge on any atom is 0.282 e. The van der Waals surface area contributed by atoms with Crippen LogP contribution in [0.5, 0.6) is 5.75 Å². The first-order valence-corrected chi connectivity index (χ1v) is 11.3. The second-order valence-electron chi connectivity index (χ2n) is 8.51. The lowest BCUT2D eigenvalue weighted by atomic mass is 9.97. The number of nitrogens with one attached hydrogen (secondary N) is 1. The number of rotatable bonds is 7. The fourth-order valence-electron chi connectivity index (χ4n) is 4.07. The van der Waals surface area contributed by atoms with Crippen LogP contribution in [0.15, 0.2) is 72.4 Å². The molecule has 0 saturated heterocycles. The number of benzene rings is 3. The lowest BCUT2D eigenvalue weighted by molar-refractivity contribution is -0.120. The first-order valence-electron chi connectivity index (χ1n) is 11.3. The average Bonchev–Trinajstić information content (AvgIpc) is 3.04. The second-order valence-corrected chi connectivity index (χ2v) is 8.51. The molecule has 0 radical (unpaired) electrons. The molecule has 0 spiro atoms. The summed E-state index contributed by atoms with van der Waals surface area (Å²) in [6.45, 7) is 6.41. The van der Waals surface area contributed by atoms with Crippen LogP contribution in [0.2, 0.25) is 0 Å². The molecule has 0 aromatic heterocycles. The molecule has 0 atom stereocenters. The summed E-state index contributed by atoms with van der Waals surface area (Å²) in [6, 6.07) is 20.6. The monoisotopic (exact) mass is 455 g/mol. The standard InChI is InChI=1S/C28H29N3O3/c1-6-34-23-14-12-22(13-15-23)31-27(32)25(24-16-7-18(2)17-19(24)3)26(28(31)33)29-20-8-10-21(11-9-20)30(4)5/h7-17,29H,6H2,1-5H3. The minimum absolute atomic E-state index is 0.267. The van der Waals surface area contributed by atoms with Crippen LogP contribution in [0.4, 0.5) is 17.1 Å². The van der Waals surface area contributed by atoms with Crippen molar-refractivity contribution in [2.24, 2.45) is 0 Å². The first-order chi connectivity index (χ1) is 16.3. The van der Waals surface area contributed by atoms with Crippen LogP contribution in [0.3, 0.4) is 0 Å². The maximum atomic E-state index is 13.7. The van der Waals surface area contributed by atoms with Crippen molar-refractivity contribution in [1.82, 2.24) is 0 Å². The van der Waals surface area contributed by atoms with Crippen LogP contribution in [-0.4, -0.2) is 32.5 Å². The van der Waals surface area contributed by atoms with Crippen molar-refractivity contribution < 1.29 is 14.3 Å². The average molecular weight is 456 g/mol. The minimum atomic E-state index is -0.388. The molecule has 6 heteroatoms. The molecule has 0 saturated carbocycles. The third-order valence-electron chi connectivity index (χ3n) is 5.79. The summed E-state index contributed by atoms with van der Waals surface area (Å²) in [5.41, 5.74) is 5.68. The second kappa shape index (κ2) is 9.43. The Bertz CT molecular complexity index is 1260. The number of ether oxygens (including phenoxy) is 1. The number of carbonyl (C=O) groups excluding carboxylic acids is 2. The van der Waals surface area contributed by atoms with E-state index < -0.39 is 0 Å². The van der Waals surface area contributed by atoms with E-state index in [1.54, 1.807) is 24.3 Å². The Balaban J connectivity index is 1.77. The number of aryl methyl sites for hydroxylation is 2. The molecule has 3 aromatic rings. The van der Waals surface area contributed by atoms with Crippen LogP contribution >= 0.6 is 0 Å². The molecule has 1 aliphatic heterocycles. The molecular weight excluding hydrogens is 426 g/mol. The Morgan fingerprint density at radius 3 is 2.15 bits per heavy atom. The summed E-state index contributed by atoms with van der Waals surface area (Å²) in [5.74, 6) is -0.0541. The van der Waals surface area contributed by atoms with Gasteiger partial charge in [-0.05, 0) is 80.4 Å². The van der Waals surface area contributed by atoms with Crippen molar-refractivity contribution >= 4 is 34.4 Å². The Kier molecular flexibility index (Phi) is 6.41. The van der Waals surface area contributed by atoms with Crippen LogP contribution < -0.4 is 19.9 Å². The Morgan fingerprint density at radius 1 is 0.882 bits per heavy atom. The van der Waals surface area contributed by atoms with Crippen molar-refractivity contribution in [2.75, 3.05) is 35.8 Å². The fourth-order valence-corrected chi connectivity index (χ4v) is 4.07. The van der Waals surface area contributed by atoms with E-state index in [1.165, 1.54) is 4.90 Å². The van der Waals surface area contributed by atoms with Gasteiger partial charge in [0.05, 0.1) is 17.9 Å². The number of nitrogens with zero attached hydrogens (tertiary/aromatic N) is 2. The molecule has 0 unspecified atom stereocenters. The van der Waals surface area contributed by atoms with Gasteiger partial charge < -0.3 is 15.0 Å². The molecule has 1 heterocycles. The zero-order valence-electron chi connectivity index (χ0n) is 20.2. The van der Waals surface area contributed by atoms with Gasteiger partial charge in [0.25, 0.3) is 11.8 Å². The molecule has 174 valence electrons. The van der Waals surface area contributed by atoms with Gasteiger partial charge in [-0.25, -0.2) is 4.90 Å². The largest absolute Gasteiger partial charge is 0.494 e. The third kappa shape index (κ3) is 4.39. The van der Waals surface area contributed by atoms with Crippen molar-refractivity contribution in [1.29, 1.82) is 0 Å². The molecule has 0 bridgehead atoms. The highest BCUT2D eigenvalue weighted by Gasteiger charge is 2.40. The minimum Gasteiger partial charge on any atom is -0.494 e. The van der Waals surface area contributed by atoms with E-state index >= 15 is 0 Å². The Hall–Kier alpha value is -4.06. The molecule has 3 aromatic carbocycles. The van der Waals surface area contributed by atoms with E-state index in [1.807, 2.05) is 82.2 Å². The SMILES string of the molecule is CCOc1ccc(N2C(=O)C(Nc3ccc(N(C)C)cc3)=C(c3ccc(C)cc3C)C2=O)cc1. The molecule has 2 amide bonds. The predicted octanol–water partition coefficient (Wildman–Crippen LogP) is 5.16. The van der Waals surface area contributed by atoms with Gasteiger partial charge >= 0.3 is 0 Å². The van der Waals surface area contributed by atoms with Gasteiger partial charge in [-0.15, -0.1) is 0 Å². The summed E-state index contributed by atoms with van der Waals surface area (Å²) in [6.07, 6.45) is 0. The summed E-state index contributed by atoms with van der Waals surface area (Å²) < 4.78 is 5.51. The van der Waals surface area contributed by atoms with Crippen molar-refractivity contribution in [3.05, 3.63) is 89.1 Å². The molecule has 0 aliphatic carbocycles. The molecule has 6 nitrogen and oxygen atoms in total. The molecular formula is C28H29N3O3. The third-order valence-corrected chi connectivity index (χ3v) is 5.79. The lowest BCUT2D eigenvalue weighted by Gasteiger charge is -2.16. The van der Waals surface area contributed by atoms with E-state index in [4.69, 9.17) is 4.74 Å². The van der Waals surface area contributed by atoms with E-state index in [9.17, 15) is 9.59 Å². The Morgan fingerprint density at radius 2 is 1.56 bits per heavy atom. The van der Waals surface area contributed by atoms with Gasteiger partial charge in [0.2, 0.25) is 0 Å². The summed E-state index contributed by atoms with van der Waals surface area (Å²) in [7, 11) is 3.94. The van der Waals surface area contributed by atoms with E-state index in [2.05, 4.69) is 5.32 Å². The first kappa shape index (κ1) is 23.1. The molecule has 4 rings (SSSR count). The number of anilines is 3. The van der Waals surface area contributed by atoms with E-state index in [0.717, 1.165) is 28.1 Å². The zero-order chi connectivity index (χ0) is 24.4. The van der Waals surface area contributed by atoms with Gasteiger partial charge in [0, 0.05) is 25.5 Å². The highest BCUT2D eigenvalue weighted by molar-refractivity contribution is 6.46. The van der Waals surface area contributed by atoms with Crippen molar-refractivity contribution in [3.8, 4) is 5.75 Å². The van der Waals surface area contributed by atoms with Crippen LogP contribution in [-0.2, 0) is 9.59 Å². The predicted molar refractivity (Wildman–Crippen MR) is 137 cm³/mol. The molecule has 1 aliphatic rings. The van der Waals surface area contributed by atoms with E-state index in [0.29, 0.717) is 23.6 Å². The van der Waals surface area contributed by atoms with Gasteiger partial charge in [0.1, 0.15) is 11.4 Å². The lowest BCUT2D eigenvalue weighted by Crippen LogP contribution is -2.32. The summed E-state index contributed by atoms with van der Waals surface area (Å²) in [4.78, 5) is 30.5. The number of amides is 2. The number of imide groups is 1. The van der Waals surface area contributed by atoms with Gasteiger partial charge in [-0.2, -0.15) is 0 Å². The number of hydrogen-bond donors (Lipinski definition) is 1. The normalized spacial score (nSPS) is 13.5. The zero-order valence-corrected chi connectivity index (χ0v) is 20.2. The highest BCUT2D eigenvalue weighted by Crippen LogP contribution is 2.36. The van der Waals surface area contributed by atoms with Crippen molar-refractivity contribution in [3.63, 3.8) is 0 Å². The van der Waals surface area contributed by atoms with Gasteiger partial charge in [-0.3, -0.25) is 9.59 Å². The van der Waals surface area contributed by atoms with Crippen LogP contribution in [0, 0.1) is 13.8 Å². The summed E-state index contributed by atoms with van der Waals surface area (Å²) >= 11 is 0. The number of carbonyl (C=O) groups is 2. The maximum absolute atomic E-state index is 13.7. The topological polar surface area (TPSA) is 61.9 Å². The smallest absolute Gasteiger partial charge is 0.282 e. The fraction of sp³-hybridized carbons (Fsp3) is 0.214. The Labute approximate surface area is 200 Å². The van der Waals surface area contributed by atoms with Gasteiger partial charge in [-0.1, -0.05) is 23.8 Å². The molecule has 34 heavy (non-hydrogen) atoms. The molecule has 1 N–H and O–H groups in total. The molecule has 0 fully saturated rings.